The number of carbonyl (C=O) groups excluding carboxylic acids is 1. The van der Waals surface area contributed by atoms with Crippen LogP contribution in [0.3, 0.4) is 0 Å². The standard InChI is InChI=1S/C20H18N2O3S3/c1-4-11-22-17-10-9-16(28(3,24)25)13-18(17)27-20(22)21-19(23)14-7-6-8-15(12-14)26-5-2/h1,6-10,12-13H,5,11H2,2-3H3. The molecule has 0 N–H and O–H groups in total. The Bertz CT molecular complexity index is 1260. The molecule has 0 aliphatic rings. The number of benzene rings is 2. The van der Waals surface area contributed by atoms with Crippen molar-refractivity contribution in [1.82, 2.24) is 4.57 Å². The summed E-state index contributed by atoms with van der Waals surface area (Å²) in [5.74, 6) is 3.11. The van der Waals surface area contributed by atoms with Gasteiger partial charge in [0.2, 0.25) is 0 Å². The van der Waals surface area contributed by atoms with Crippen LogP contribution in [0.25, 0.3) is 10.2 Å². The van der Waals surface area contributed by atoms with E-state index in [2.05, 4.69) is 10.9 Å². The first-order chi connectivity index (χ1) is 13.3. The molecule has 0 saturated carbocycles. The maximum absolute atomic E-state index is 12.7. The summed E-state index contributed by atoms with van der Waals surface area (Å²) in [6.07, 6.45) is 6.64. The summed E-state index contributed by atoms with van der Waals surface area (Å²) in [5.41, 5.74) is 1.25. The van der Waals surface area contributed by atoms with Crippen LogP contribution >= 0.6 is 23.1 Å². The number of hydrogen-bond donors (Lipinski definition) is 0. The lowest BCUT2D eigenvalue weighted by atomic mass is 10.2. The van der Waals surface area contributed by atoms with E-state index in [1.54, 1.807) is 34.5 Å². The molecule has 0 atom stereocenters. The summed E-state index contributed by atoms with van der Waals surface area (Å²) in [7, 11) is -3.33. The molecule has 144 valence electrons. The Labute approximate surface area is 172 Å². The largest absolute Gasteiger partial charge is 0.305 e. The molecule has 1 aromatic heterocycles. The first kappa shape index (κ1) is 20.4. The van der Waals surface area contributed by atoms with Crippen molar-refractivity contribution < 1.29 is 13.2 Å². The van der Waals surface area contributed by atoms with Crippen molar-refractivity contribution >= 4 is 49.1 Å². The van der Waals surface area contributed by atoms with E-state index in [4.69, 9.17) is 6.42 Å². The molecule has 8 heteroatoms. The number of carbonyl (C=O) groups is 1. The van der Waals surface area contributed by atoms with Gasteiger partial charge in [0.1, 0.15) is 0 Å². The van der Waals surface area contributed by atoms with E-state index in [1.165, 1.54) is 17.4 Å². The number of amides is 1. The van der Waals surface area contributed by atoms with Crippen molar-refractivity contribution in [2.45, 2.75) is 23.3 Å². The van der Waals surface area contributed by atoms with Crippen LogP contribution in [0.15, 0.2) is 57.2 Å². The van der Waals surface area contributed by atoms with Crippen LogP contribution in [0.4, 0.5) is 0 Å². The van der Waals surface area contributed by atoms with Crippen LogP contribution in [0.2, 0.25) is 0 Å². The first-order valence-corrected chi connectivity index (χ1v) is 12.1. The molecule has 0 fully saturated rings. The maximum atomic E-state index is 12.7. The molecule has 3 aromatic rings. The summed E-state index contributed by atoms with van der Waals surface area (Å²) in [6.45, 7) is 2.28. The van der Waals surface area contributed by atoms with Crippen molar-refractivity contribution in [2.75, 3.05) is 12.0 Å². The molecule has 0 unspecified atom stereocenters. The predicted octanol–water partition coefficient (Wildman–Crippen LogP) is 3.59. The van der Waals surface area contributed by atoms with Gasteiger partial charge < -0.3 is 4.57 Å². The second-order valence-corrected chi connectivity index (χ2v) is 10.3. The van der Waals surface area contributed by atoms with Gasteiger partial charge >= 0.3 is 0 Å². The average Bonchev–Trinajstić information content (AvgIpc) is 2.98. The number of rotatable bonds is 5. The van der Waals surface area contributed by atoms with Gasteiger partial charge in [-0.15, -0.1) is 18.2 Å². The molecular formula is C20H18N2O3S3. The van der Waals surface area contributed by atoms with Crippen LogP contribution in [-0.4, -0.2) is 30.9 Å². The molecule has 0 radical (unpaired) electrons. The highest BCUT2D eigenvalue weighted by Crippen LogP contribution is 2.22. The number of aromatic nitrogens is 1. The summed E-state index contributed by atoms with van der Waals surface area (Å²) in [5, 5.41) is 0. The molecule has 0 spiro atoms. The Kier molecular flexibility index (Phi) is 6.08. The number of sulfone groups is 1. The van der Waals surface area contributed by atoms with Crippen molar-refractivity contribution in [3.63, 3.8) is 0 Å². The van der Waals surface area contributed by atoms with E-state index in [9.17, 15) is 13.2 Å². The lowest BCUT2D eigenvalue weighted by Gasteiger charge is -2.02. The smallest absolute Gasteiger partial charge is 0.279 e. The van der Waals surface area contributed by atoms with Crippen LogP contribution < -0.4 is 4.80 Å². The SMILES string of the molecule is C#CCn1c(=NC(=O)c2cccc(SCC)c2)sc2cc(S(C)(=O)=O)ccc21. The van der Waals surface area contributed by atoms with Gasteiger partial charge in [-0.05, 0) is 42.2 Å². The predicted molar refractivity (Wildman–Crippen MR) is 114 cm³/mol. The molecular weight excluding hydrogens is 412 g/mol. The van der Waals surface area contributed by atoms with Crippen LogP contribution in [-0.2, 0) is 16.4 Å². The van der Waals surface area contributed by atoms with Gasteiger partial charge in [-0.25, -0.2) is 8.42 Å². The highest BCUT2D eigenvalue weighted by Gasteiger charge is 2.13. The quantitative estimate of drug-likeness (QED) is 0.458. The monoisotopic (exact) mass is 430 g/mol. The van der Waals surface area contributed by atoms with E-state index in [-0.39, 0.29) is 17.3 Å². The van der Waals surface area contributed by atoms with E-state index in [1.807, 2.05) is 25.1 Å². The summed E-state index contributed by atoms with van der Waals surface area (Å²) in [4.78, 5) is 18.6. The zero-order valence-corrected chi connectivity index (χ0v) is 17.8. The van der Waals surface area contributed by atoms with Gasteiger partial charge in [0.25, 0.3) is 5.91 Å². The van der Waals surface area contributed by atoms with Crippen LogP contribution in [0, 0.1) is 12.3 Å². The number of thioether (sulfide) groups is 1. The number of fused-ring (bicyclic) bond motifs is 1. The minimum Gasteiger partial charge on any atom is -0.305 e. The lowest BCUT2D eigenvalue weighted by Crippen LogP contribution is -2.16. The summed E-state index contributed by atoms with van der Waals surface area (Å²) < 4.78 is 26.1. The molecule has 0 saturated heterocycles. The van der Waals surface area contributed by atoms with Crippen LogP contribution in [0.1, 0.15) is 17.3 Å². The number of thiazole rings is 1. The molecule has 0 bridgehead atoms. The third kappa shape index (κ3) is 4.38. The Morgan fingerprint density at radius 2 is 2.07 bits per heavy atom. The zero-order valence-electron chi connectivity index (χ0n) is 15.4. The van der Waals surface area contributed by atoms with Gasteiger partial charge in [-0.3, -0.25) is 4.79 Å². The van der Waals surface area contributed by atoms with E-state index < -0.39 is 9.84 Å². The molecule has 1 heterocycles. The van der Waals surface area contributed by atoms with Gasteiger partial charge in [-0.2, -0.15) is 4.99 Å². The normalized spacial score (nSPS) is 12.2. The zero-order chi connectivity index (χ0) is 20.3. The molecule has 5 nitrogen and oxygen atoms in total. The summed E-state index contributed by atoms with van der Waals surface area (Å²) in [6, 6.07) is 12.2. The van der Waals surface area contributed by atoms with E-state index >= 15 is 0 Å². The second kappa shape index (κ2) is 8.35. The molecule has 28 heavy (non-hydrogen) atoms. The third-order valence-corrected chi connectivity index (χ3v) is 6.95. The topological polar surface area (TPSA) is 68.5 Å². The average molecular weight is 431 g/mol. The van der Waals surface area contributed by atoms with Gasteiger partial charge in [-0.1, -0.05) is 30.2 Å². The molecule has 0 aliphatic heterocycles. The molecule has 2 aromatic carbocycles. The fourth-order valence-corrected chi connectivity index (χ4v) is 5.16. The Morgan fingerprint density at radius 1 is 1.29 bits per heavy atom. The Hall–Kier alpha value is -2.34. The molecule has 3 rings (SSSR count). The fraction of sp³-hybridized carbons (Fsp3) is 0.200. The van der Waals surface area contributed by atoms with Crippen molar-refractivity contribution in [2.24, 2.45) is 4.99 Å². The van der Waals surface area contributed by atoms with Gasteiger partial charge in [0, 0.05) is 16.7 Å². The Morgan fingerprint density at radius 3 is 2.75 bits per heavy atom. The fourth-order valence-electron chi connectivity index (χ4n) is 2.65. The molecule has 1 amide bonds. The maximum Gasteiger partial charge on any atom is 0.279 e. The minimum absolute atomic E-state index is 0.219. The second-order valence-electron chi connectivity index (χ2n) is 5.95. The number of terminal acetylenes is 1. The van der Waals surface area contributed by atoms with E-state index in [0.29, 0.717) is 15.1 Å². The van der Waals surface area contributed by atoms with Crippen molar-refractivity contribution in [3.8, 4) is 12.3 Å². The Balaban J connectivity index is 2.13. The van der Waals surface area contributed by atoms with Gasteiger partial charge in [0.15, 0.2) is 14.6 Å². The highest BCUT2D eigenvalue weighted by atomic mass is 32.2. The van der Waals surface area contributed by atoms with Gasteiger partial charge in [0.05, 0.1) is 21.7 Å². The van der Waals surface area contributed by atoms with Crippen LogP contribution in [0.5, 0.6) is 0 Å². The van der Waals surface area contributed by atoms with Crippen molar-refractivity contribution in [1.29, 1.82) is 0 Å². The number of nitrogens with zero attached hydrogens (tertiary/aromatic N) is 2. The first-order valence-electron chi connectivity index (χ1n) is 8.42. The highest BCUT2D eigenvalue weighted by molar-refractivity contribution is 7.99. The lowest BCUT2D eigenvalue weighted by molar-refractivity contribution is 0.0997. The van der Waals surface area contributed by atoms with E-state index in [0.717, 1.165) is 22.4 Å². The van der Waals surface area contributed by atoms with Crippen molar-refractivity contribution in [3.05, 3.63) is 52.8 Å². The summed E-state index contributed by atoms with van der Waals surface area (Å²) >= 11 is 2.89. The third-order valence-electron chi connectivity index (χ3n) is 3.92. The minimum atomic E-state index is -3.33. The molecule has 0 aliphatic carbocycles. The number of hydrogen-bond acceptors (Lipinski definition) is 5.